The maximum absolute atomic E-state index is 11.7. The van der Waals surface area contributed by atoms with Crippen LogP contribution < -0.4 is 5.32 Å². The largest absolute Gasteiger partial charge is 0.383 e. The molecule has 3 aromatic carbocycles. The van der Waals surface area contributed by atoms with Gasteiger partial charge in [0.15, 0.2) is 23.2 Å². The quantitative estimate of drug-likeness (QED) is 0.101. The minimum Gasteiger partial charge on any atom is -0.376 e. The molecule has 0 spiro atoms. The van der Waals surface area contributed by atoms with Crippen LogP contribution in [0.4, 0.5) is 5.82 Å². The zero-order valence-electron chi connectivity index (χ0n) is 24.0. The van der Waals surface area contributed by atoms with E-state index in [2.05, 4.69) is 63.9 Å². The van der Waals surface area contributed by atoms with Gasteiger partial charge in [0.25, 0.3) is 0 Å². The number of fused-ring (bicyclic) bond motifs is 1. The first-order valence-electron chi connectivity index (χ1n) is 13.9. The van der Waals surface area contributed by atoms with Crippen molar-refractivity contribution in [3.63, 3.8) is 0 Å². The van der Waals surface area contributed by atoms with E-state index in [-0.39, 0.29) is 6.61 Å². The average molecular weight is 634 g/mol. The summed E-state index contributed by atoms with van der Waals surface area (Å²) < 4.78 is 36.2. The molecule has 228 valence electrons. The van der Waals surface area contributed by atoms with E-state index in [1.54, 1.807) is 18.0 Å². The maximum Gasteiger partial charge on any atom is 0.383 e. The molecule has 5 atom stereocenters. The summed E-state index contributed by atoms with van der Waals surface area (Å²) in [5.74, 6) is 0.511. The smallest absolute Gasteiger partial charge is 0.376 e. The van der Waals surface area contributed by atoms with Crippen molar-refractivity contribution in [2.45, 2.75) is 30.1 Å². The van der Waals surface area contributed by atoms with Gasteiger partial charge in [0.05, 0.1) is 12.9 Å². The fourth-order valence-electron chi connectivity index (χ4n) is 5.86. The molecular formula is C31H32N5O6PS. The van der Waals surface area contributed by atoms with Crippen LogP contribution in [0, 0.1) is 0 Å². The van der Waals surface area contributed by atoms with Gasteiger partial charge in [-0.15, -0.1) is 0 Å². The highest BCUT2D eigenvalue weighted by molar-refractivity contribution is 8.44. The summed E-state index contributed by atoms with van der Waals surface area (Å²) in [6.45, 7) is -4.26. The molecule has 13 heteroatoms. The van der Waals surface area contributed by atoms with Crippen LogP contribution in [-0.4, -0.2) is 63.6 Å². The number of anilines is 1. The number of hydrogen-bond donors (Lipinski definition) is 3. The maximum atomic E-state index is 11.7. The lowest BCUT2D eigenvalue weighted by molar-refractivity contribution is -0.0563. The van der Waals surface area contributed by atoms with Gasteiger partial charge in [-0.1, -0.05) is 103 Å². The lowest BCUT2D eigenvalue weighted by Crippen LogP contribution is -2.38. The summed E-state index contributed by atoms with van der Waals surface area (Å²) >= 11 is 3.61. The minimum atomic E-state index is -4.04. The molecule has 2 unspecified atom stereocenters. The number of benzene rings is 3. The molecule has 1 aliphatic heterocycles. The van der Waals surface area contributed by atoms with Crippen LogP contribution in [0.3, 0.4) is 0 Å². The van der Waals surface area contributed by atoms with Gasteiger partial charge in [-0.3, -0.25) is 9.09 Å². The summed E-state index contributed by atoms with van der Waals surface area (Å²) in [7, 11) is 3.06. The van der Waals surface area contributed by atoms with Crippen molar-refractivity contribution in [2.24, 2.45) is 0 Å². The summed E-state index contributed by atoms with van der Waals surface area (Å²) in [6, 6.07) is 30.6. The minimum absolute atomic E-state index is 0.228. The number of hydrogen-bond acceptors (Lipinski definition) is 9. The van der Waals surface area contributed by atoms with Gasteiger partial charge in [-0.05, 0) is 16.7 Å². The lowest BCUT2D eigenvalue weighted by atomic mass is 9.77. The van der Waals surface area contributed by atoms with Crippen LogP contribution >= 0.6 is 19.0 Å². The zero-order chi connectivity index (χ0) is 30.7. The number of imidazole rings is 1. The van der Waals surface area contributed by atoms with Gasteiger partial charge >= 0.3 is 6.80 Å². The molecule has 1 saturated heterocycles. The molecule has 0 radical (unpaired) electrons. The number of nitrogens with one attached hydrogen (secondary N) is 1. The van der Waals surface area contributed by atoms with E-state index in [1.807, 2.05) is 54.6 Å². The van der Waals surface area contributed by atoms with E-state index in [0.29, 0.717) is 17.0 Å². The van der Waals surface area contributed by atoms with Crippen molar-refractivity contribution in [1.29, 1.82) is 0 Å². The van der Waals surface area contributed by atoms with Crippen LogP contribution in [-0.2, 0) is 28.8 Å². The van der Waals surface area contributed by atoms with E-state index < -0.39 is 36.9 Å². The third-order valence-corrected chi connectivity index (χ3v) is 8.63. The highest BCUT2D eigenvalue weighted by atomic mass is 32.7. The van der Waals surface area contributed by atoms with Crippen molar-refractivity contribution in [3.05, 3.63) is 120 Å². The Balaban J connectivity index is 1.45. The molecule has 6 rings (SSSR count). The molecule has 2 N–H and O–H groups in total. The molecule has 0 aliphatic carbocycles. The SMILES string of the molecule is COC1[C@@H](COP(=O)(O)S)O[C@@H](n2cnc3c(NC(c4ccccc4)(c4ccccc4)c4ccccc4)ncnc32)[C@H]1OC. The highest BCUT2D eigenvalue weighted by Crippen LogP contribution is 2.48. The molecule has 1 aliphatic rings. The third kappa shape index (κ3) is 5.78. The van der Waals surface area contributed by atoms with Gasteiger partial charge in [0, 0.05) is 14.2 Å². The normalized spacial score (nSPS) is 21.7. The second kappa shape index (κ2) is 12.8. The van der Waals surface area contributed by atoms with E-state index in [9.17, 15) is 9.46 Å². The molecule has 0 bridgehead atoms. The number of ether oxygens (including phenoxy) is 3. The Morgan fingerprint density at radius 2 is 1.43 bits per heavy atom. The van der Waals surface area contributed by atoms with Crippen LogP contribution in [0.1, 0.15) is 22.9 Å². The van der Waals surface area contributed by atoms with Crippen LogP contribution in [0.5, 0.6) is 0 Å². The Bertz CT molecular complexity index is 1640. The Morgan fingerprint density at radius 1 is 0.886 bits per heavy atom. The van der Waals surface area contributed by atoms with E-state index in [4.69, 9.17) is 23.7 Å². The van der Waals surface area contributed by atoms with Gasteiger partial charge in [0.2, 0.25) is 0 Å². The zero-order valence-corrected chi connectivity index (χ0v) is 25.8. The first-order chi connectivity index (χ1) is 21.4. The fraction of sp³-hybridized carbons (Fsp3) is 0.258. The molecular weight excluding hydrogens is 601 g/mol. The Morgan fingerprint density at radius 3 is 1.93 bits per heavy atom. The van der Waals surface area contributed by atoms with Gasteiger partial charge < -0.3 is 24.4 Å². The van der Waals surface area contributed by atoms with Crippen LogP contribution in [0.2, 0.25) is 0 Å². The Kier molecular flexibility index (Phi) is 8.84. The van der Waals surface area contributed by atoms with Crippen LogP contribution in [0.25, 0.3) is 11.2 Å². The molecule has 3 heterocycles. The van der Waals surface area contributed by atoms with Crippen molar-refractivity contribution in [3.8, 4) is 0 Å². The lowest BCUT2D eigenvalue weighted by Gasteiger charge is -2.37. The van der Waals surface area contributed by atoms with Crippen molar-refractivity contribution < 1.29 is 28.2 Å². The van der Waals surface area contributed by atoms with E-state index >= 15 is 0 Å². The standard InChI is InChI=1S/C31H32N5O6PS/c1-39-26-24(18-41-43(37,38)44)42-30(27(26)40-2)36-20-34-25-28(32-19-33-29(25)36)35-31(21-12-6-3-7-13-21,22-14-8-4-9-15-22)23-16-10-5-11-17-23/h3-17,19-20,24,26-27,30H,18H2,1-2H3,(H,32,33,35)(H2,37,38,44)/t24-,26?,27+,30-/m1/s1. The molecule has 1 fully saturated rings. The monoisotopic (exact) mass is 633 g/mol. The second-order valence-corrected chi connectivity index (χ2v) is 13.0. The third-order valence-electron chi connectivity index (χ3n) is 7.80. The van der Waals surface area contributed by atoms with Crippen molar-refractivity contribution in [1.82, 2.24) is 19.5 Å². The molecule has 44 heavy (non-hydrogen) atoms. The van der Waals surface area contributed by atoms with E-state index in [0.717, 1.165) is 16.7 Å². The second-order valence-electron chi connectivity index (χ2n) is 10.3. The predicted molar refractivity (Wildman–Crippen MR) is 168 cm³/mol. The highest BCUT2D eigenvalue weighted by Gasteiger charge is 2.48. The Hall–Kier alpha value is -3.61. The number of nitrogens with zero attached hydrogens (tertiary/aromatic N) is 4. The van der Waals surface area contributed by atoms with Gasteiger partial charge in [0.1, 0.15) is 30.2 Å². The number of thiol groups is 1. The molecule has 11 nitrogen and oxygen atoms in total. The van der Waals surface area contributed by atoms with Crippen molar-refractivity contribution >= 4 is 36.0 Å². The average Bonchev–Trinajstić information content (AvgIpc) is 3.65. The number of methoxy groups -OCH3 is 2. The fourth-order valence-corrected chi connectivity index (χ4v) is 6.40. The Labute approximate surface area is 259 Å². The van der Waals surface area contributed by atoms with Gasteiger partial charge in [-0.25, -0.2) is 19.5 Å². The molecule has 5 aromatic rings. The summed E-state index contributed by atoms with van der Waals surface area (Å²) in [5.41, 5.74) is 3.22. The molecule has 0 saturated carbocycles. The van der Waals surface area contributed by atoms with E-state index in [1.165, 1.54) is 13.4 Å². The summed E-state index contributed by atoms with van der Waals surface area (Å²) in [4.78, 5) is 23.5. The molecule has 2 aromatic heterocycles. The molecule has 0 amide bonds. The summed E-state index contributed by atoms with van der Waals surface area (Å²) in [5, 5.41) is 3.77. The summed E-state index contributed by atoms with van der Waals surface area (Å²) in [6.07, 6.45) is 0.425. The number of rotatable bonds is 11. The first-order valence-corrected chi connectivity index (χ1v) is 16.6. The van der Waals surface area contributed by atoms with Crippen LogP contribution in [0.15, 0.2) is 104 Å². The van der Waals surface area contributed by atoms with Gasteiger partial charge in [-0.2, -0.15) is 0 Å². The number of aromatic nitrogens is 4. The van der Waals surface area contributed by atoms with Crippen molar-refractivity contribution in [2.75, 3.05) is 26.1 Å². The predicted octanol–water partition coefficient (Wildman–Crippen LogP) is 5.20. The topological polar surface area (TPSA) is 130 Å². The first kappa shape index (κ1) is 30.4.